The topological polar surface area (TPSA) is 72.3 Å². The summed E-state index contributed by atoms with van der Waals surface area (Å²) in [5.41, 5.74) is 1.99. The summed E-state index contributed by atoms with van der Waals surface area (Å²) in [5, 5.41) is 7.29. The first kappa shape index (κ1) is 19.9. The Hall–Kier alpha value is -3.35. The van der Waals surface area contributed by atoms with Gasteiger partial charge >= 0.3 is 0 Å². The van der Waals surface area contributed by atoms with E-state index >= 15 is 0 Å². The Labute approximate surface area is 176 Å². The molecule has 0 unspecified atom stereocenters. The lowest BCUT2D eigenvalue weighted by Crippen LogP contribution is -2.21. The molecule has 1 fully saturated rings. The Balaban J connectivity index is 1.28. The molecule has 1 aliphatic rings. The molecule has 0 bridgehead atoms. The van der Waals surface area contributed by atoms with Gasteiger partial charge in [-0.1, -0.05) is 18.2 Å². The van der Waals surface area contributed by atoms with Crippen molar-refractivity contribution in [3.8, 4) is 5.75 Å². The number of methoxy groups -OCH3 is 1. The van der Waals surface area contributed by atoms with E-state index in [2.05, 4.69) is 27.3 Å². The number of carbonyl (C=O) groups excluding carboxylic acids is 1. The van der Waals surface area contributed by atoms with Crippen LogP contribution >= 0.6 is 0 Å². The maximum absolute atomic E-state index is 12.4. The molecule has 1 amide bonds. The quantitative estimate of drug-likeness (QED) is 0.591. The predicted molar refractivity (Wildman–Crippen MR) is 117 cm³/mol. The van der Waals surface area contributed by atoms with E-state index in [1.807, 2.05) is 42.6 Å². The van der Waals surface area contributed by atoms with Crippen molar-refractivity contribution >= 4 is 17.5 Å². The van der Waals surface area contributed by atoms with Gasteiger partial charge in [0.15, 0.2) is 5.82 Å². The number of amides is 1. The highest BCUT2D eigenvalue weighted by Gasteiger charge is 2.23. The molecule has 2 aromatic heterocycles. The Kier molecular flexibility index (Phi) is 5.97. The van der Waals surface area contributed by atoms with Gasteiger partial charge in [-0.3, -0.25) is 9.48 Å². The summed E-state index contributed by atoms with van der Waals surface area (Å²) < 4.78 is 6.97. The fourth-order valence-corrected chi connectivity index (χ4v) is 3.34. The number of nitrogens with one attached hydrogen (secondary N) is 1. The molecule has 0 saturated heterocycles. The van der Waals surface area contributed by atoms with Crippen molar-refractivity contribution < 1.29 is 9.53 Å². The second-order valence-corrected chi connectivity index (χ2v) is 7.82. The van der Waals surface area contributed by atoms with Crippen molar-refractivity contribution in [2.45, 2.75) is 25.8 Å². The maximum Gasteiger partial charge on any atom is 0.230 e. The zero-order valence-corrected chi connectivity index (χ0v) is 17.4. The minimum atomic E-state index is -0.106. The third-order valence-corrected chi connectivity index (χ3v) is 5.21. The Bertz CT molecular complexity index is 978. The SMILES string of the molecule is COc1ccc(Cn2ccc(NC(=O)Cc3ccc(N(C)CC4CC4)nc3)n2)cc1. The minimum absolute atomic E-state index is 0.106. The van der Waals surface area contributed by atoms with Gasteiger partial charge in [0.25, 0.3) is 0 Å². The van der Waals surface area contributed by atoms with Gasteiger partial charge in [-0.25, -0.2) is 4.98 Å². The van der Waals surface area contributed by atoms with Crippen molar-refractivity contribution in [1.29, 1.82) is 0 Å². The standard InChI is InChI=1S/C23H27N5O2/c1-27(15-17-3-4-17)22-10-7-19(14-24-22)13-23(29)25-21-11-12-28(26-21)16-18-5-8-20(30-2)9-6-18/h5-12,14,17H,3-4,13,15-16H2,1-2H3,(H,25,26,29). The molecule has 0 spiro atoms. The second-order valence-electron chi connectivity index (χ2n) is 7.82. The van der Waals surface area contributed by atoms with Crippen LogP contribution in [0.2, 0.25) is 0 Å². The van der Waals surface area contributed by atoms with Crippen LogP contribution in [-0.2, 0) is 17.8 Å². The fraction of sp³-hybridized carbons (Fsp3) is 0.348. The highest BCUT2D eigenvalue weighted by molar-refractivity contribution is 5.91. The molecular formula is C23H27N5O2. The average Bonchev–Trinajstić information content (AvgIpc) is 3.46. The van der Waals surface area contributed by atoms with Crippen LogP contribution in [0.15, 0.2) is 54.9 Å². The summed E-state index contributed by atoms with van der Waals surface area (Å²) >= 11 is 0. The molecule has 1 aliphatic carbocycles. The normalized spacial score (nSPS) is 13.1. The third-order valence-electron chi connectivity index (χ3n) is 5.21. The number of anilines is 2. The zero-order chi connectivity index (χ0) is 20.9. The van der Waals surface area contributed by atoms with Crippen LogP contribution < -0.4 is 15.0 Å². The van der Waals surface area contributed by atoms with Gasteiger partial charge < -0.3 is 15.0 Å². The summed E-state index contributed by atoms with van der Waals surface area (Å²) in [6.45, 7) is 1.67. The molecule has 7 heteroatoms. The zero-order valence-electron chi connectivity index (χ0n) is 17.4. The highest BCUT2D eigenvalue weighted by Crippen LogP contribution is 2.30. The molecule has 7 nitrogen and oxygen atoms in total. The highest BCUT2D eigenvalue weighted by atomic mass is 16.5. The van der Waals surface area contributed by atoms with Crippen LogP contribution in [0.1, 0.15) is 24.0 Å². The van der Waals surface area contributed by atoms with E-state index in [-0.39, 0.29) is 12.3 Å². The lowest BCUT2D eigenvalue weighted by atomic mass is 10.2. The molecule has 1 N–H and O–H groups in total. The lowest BCUT2D eigenvalue weighted by Gasteiger charge is -2.17. The molecule has 0 radical (unpaired) electrons. The summed E-state index contributed by atoms with van der Waals surface area (Å²) in [6.07, 6.45) is 6.54. The smallest absolute Gasteiger partial charge is 0.230 e. The minimum Gasteiger partial charge on any atom is -0.497 e. The van der Waals surface area contributed by atoms with E-state index in [4.69, 9.17) is 4.74 Å². The van der Waals surface area contributed by atoms with Gasteiger partial charge in [-0.15, -0.1) is 0 Å². The maximum atomic E-state index is 12.4. The average molecular weight is 406 g/mol. The van der Waals surface area contributed by atoms with Gasteiger partial charge in [0.1, 0.15) is 11.6 Å². The molecule has 4 rings (SSSR count). The summed E-state index contributed by atoms with van der Waals surface area (Å²) in [6, 6.07) is 13.6. The number of nitrogens with zero attached hydrogens (tertiary/aromatic N) is 4. The number of hydrogen-bond acceptors (Lipinski definition) is 5. The number of pyridine rings is 1. The summed E-state index contributed by atoms with van der Waals surface area (Å²) in [5.74, 6) is 3.02. The molecule has 0 atom stereocenters. The van der Waals surface area contributed by atoms with E-state index in [1.54, 1.807) is 24.1 Å². The van der Waals surface area contributed by atoms with Crippen LogP contribution in [0.25, 0.3) is 0 Å². The number of carbonyl (C=O) groups is 1. The third kappa shape index (κ3) is 5.37. The van der Waals surface area contributed by atoms with E-state index in [0.29, 0.717) is 12.4 Å². The number of rotatable bonds is 9. The largest absolute Gasteiger partial charge is 0.497 e. The Morgan fingerprint density at radius 3 is 2.60 bits per heavy atom. The van der Waals surface area contributed by atoms with Crippen LogP contribution in [0.3, 0.4) is 0 Å². The van der Waals surface area contributed by atoms with Crippen molar-refractivity contribution in [3.63, 3.8) is 0 Å². The monoisotopic (exact) mass is 405 g/mol. The molecule has 1 saturated carbocycles. The van der Waals surface area contributed by atoms with Crippen LogP contribution in [0, 0.1) is 5.92 Å². The number of hydrogen-bond donors (Lipinski definition) is 1. The summed E-state index contributed by atoms with van der Waals surface area (Å²) in [4.78, 5) is 19.1. The summed E-state index contributed by atoms with van der Waals surface area (Å²) in [7, 11) is 3.71. The van der Waals surface area contributed by atoms with Crippen molar-refractivity contribution in [2.75, 3.05) is 30.9 Å². The van der Waals surface area contributed by atoms with Gasteiger partial charge in [-0.2, -0.15) is 5.10 Å². The second kappa shape index (κ2) is 8.98. The molecule has 2 heterocycles. The molecular weight excluding hydrogens is 378 g/mol. The molecule has 1 aromatic carbocycles. The van der Waals surface area contributed by atoms with Crippen molar-refractivity contribution in [1.82, 2.24) is 14.8 Å². The van der Waals surface area contributed by atoms with Gasteiger partial charge in [0.2, 0.25) is 5.91 Å². The van der Waals surface area contributed by atoms with Crippen LogP contribution in [0.5, 0.6) is 5.75 Å². The number of ether oxygens (including phenoxy) is 1. The Morgan fingerprint density at radius 2 is 1.93 bits per heavy atom. The van der Waals surface area contributed by atoms with Crippen LogP contribution in [0.4, 0.5) is 11.6 Å². The number of aromatic nitrogens is 3. The first-order valence-corrected chi connectivity index (χ1v) is 10.2. The molecule has 30 heavy (non-hydrogen) atoms. The lowest BCUT2D eigenvalue weighted by molar-refractivity contribution is -0.115. The number of benzene rings is 1. The Morgan fingerprint density at radius 1 is 1.17 bits per heavy atom. The van der Waals surface area contributed by atoms with Gasteiger partial charge in [-0.05, 0) is 48.1 Å². The van der Waals surface area contributed by atoms with E-state index in [9.17, 15) is 4.79 Å². The van der Waals surface area contributed by atoms with Crippen molar-refractivity contribution in [2.24, 2.45) is 5.92 Å². The van der Waals surface area contributed by atoms with E-state index in [0.717, 1.165) is 35.2 Å². The molecule has 3 aromatic rings. The van der Waals surface area contributed by atoms with Gasteiger partial charge in [0.05, 0.1) is 20.1 Å². The van der Waals surface area contributed by atoms with Gasteiger partial charge in [0, 0.05) is 32.1 Å². The van der Waals surface area contributed by atoms with Crippen LogP contribution in [-0.4, -0.2) is 41.4 Å². The predicted octanol–water partition coefficient (Wildman–Crippen LogP) is 3.36. The molecule has 0 aliphatic heterocycles. The van der Waals surface area contributed by atoms with Crippen molar-refractivity contribution in [3.05, 3.63) is 66.0 Å². The van der Waals surface area contributed by atoms with E-state index in [1.165, 1.54) is 12.8 Å². The first-order valence-electron chi connectivity index (χ1n) is 10.2. The van der Waals surface area contributed by atoms with E-state index < -0.39 is 0 Å². The molecule has 156 valence electrons. The fourth-order valence-electron chi connectivity index (χ4n) is 3.34. The first-order chi connectivity index (χ1) is 14.6.